The molecule has 0 radical (unpaired) electrons. The fourth-order valence-electron chi connectivity index (χ4n) is 3.48. The minimum atomic E-state index is -0.0155. The molecule has 1 N–H and O–H groups in total. The van der Waals surface area contributed by atoms with Gasteiger partial charge >= 0.3 is 0 Å². The second-order valence-corrected chi connectivity index (χ2v) is 7.48. The molecule has 1 heterocycles. The van der Waals surface area contributed by atoms with E-state index in [-0.39, 0.29) is 5.60 Å². The Morgan fingerprint density at radius 3 is 2.58 bits per heavy atom. The van der Waals surface area contributed by atoms with E-state index in [1.807, 2.05) is 0 Å². The van der Waals surface area contributed by atoms with Gasteiger partial charge in [0.05, 0.1) is 12.2 Å². The highest BCUT2D eigenvalue weighted by molar-refractivity contribution is 4.98. The molecule has 1 saturated carbocycles. The standard InChI is InChI=1S/C16H32N2O/c1-14-7-10-17-16(8-5-6-9-16)13-18(14)11-12-19-15(2,3)4/h14,17H,5-13H2,1-4H3. The van der Waals surface area contributed by atoms with E-state index in [0.29, 0.717) is 11.6 Å². The van der Waals surface area contributed by atoms with E-state index < -0.39 is 0 Å². The average Bonchev–Trinajstić information content (AvgIpc) is 2.68. The van der Waals surface area contributed by atoms with Gasteiger partial charge in [-0.1, -0.05) is 12.8 Å². The van der Waals surface area contributed by atoms with Crippen molar-refractivity contribution < 1.29 is 4.74 Å². The summed E-state index contributed by atoms with van der Waals surface area (Å²) in [6, 6.07) is 0.677. The van der Waals surface area contributed by atoms with Crippen LogP contribution >= 0.6 is 0 Å². The fourth-order valence-corrected chi connectivity index (χ4v) is 3.48. The van der Waals surface area contributed by atoms with Crippen molar-refractivity contribution in [2.24, 2.45) is 0 Å². The van der Waals surface area contributed by atoms with Crippen molar-refractivity contribution in [3.63, 3.8) is 0 Å². The predicted octanol–water partition coefficient (Wildman–Crippen LogP) is 2.80. The van der Waals surface area contributed by atoms with Crippen LogP contribution in [0.15, 0.2) is 0 Å². The molecule has 112 valence electrons. The third-order valence-corrected chi connectivity index (χ3v) is 4.67. The molecule has 3 nitrogen and oxygen atoms in total. The molecule has 1 unspecified atom stereocenters. The third kappa shape index (κ3) is 4.44. The van der Waals surface area contributed by atoms with Gasteiger partial charge in [-0.2, -0.15) is 0 Å². The first-order chi connectivity index (χ1) is 8.90. The molecule has 2 rings (SSSR count). The maximum atomic E-state index is 5.91. The molecule has 19 heavy (non-hydrogen) atoms. The van der Waals surface area contributed by atoms with Crippen molar-refractivity contribution in [3.05, 3.63) is 0 Å². The molecule has 0 aromatic rings. The van der Waals surface area contributed by atoms with Crippen LogP contribution in [0.4, 0.5) is 0 Å². The molecule has 3 heteroatoms. The molecule has 0 amide bonds. The number of nitrogens with one attached hydrogen (secondary N) is 1. The van der Waals surface area contributed by atoms with Crippen LogP contribution in [0, 0.1) is 0 Å². The summed E-state index contributed by atoms with van der Waals surface area (Å²) in [5, 5.41) is 3.84. The summed E-state index contributed by atoms with van der Waals surface area (Å²) in [5.74, 6) is 0. The molecule has 0 aromatic carbocycles. The van der Waals surface area contributed by atoms with Crippen LogP contribution in [0.2, 0.25) is 0 Å². The first-order valence-electron chi connectivity index (χ1n) is 8.03. The Balaban J connectivity index is 1.89. The maximum Gasteiger partial charge on any atom is 0.0600 e. The monoisotopic (exact) mass is 268 g/mol. The van der Waals surface area contributed by atoms with Crippen LogP contribution in [-0.4, -0.2) is 48.3 Å². The van der Waals surface area contributed by atoms with Gasteiger partial charge in [0.25, 0.3) is 0 Å². The molecular weight excluding hydrogens is 236 g/mol. The normalized spacial score (nSPS) is 28.7. The summed E-state index contributed by atoms with van der Waals surface area (Å²) in [7, 11) is 0. The number of ether oxygens (including phenoxy) is 1. The summed E-state index contributed by atoms with van der Waals surface area (Å²) in [5.41, 5.74) is 0.394. The highest BCUT2D eigenvalue weighted by Gasteiger charge is 2.37. The molecule has 0 aromatic heterocycles. The Kier molecular flexibility index (Phi) is 4.91. The van der Waals surface area contributed by atoms with E-state index in [1.54, 1.807) is 0 Å². The van der Waals surface area contributed by atoms with Crippen molar-refractivity contribution in [2.75, 3.05) is 26.2 Å². The summed E-state index contributed by atoms with van der Waals surface area (Å²) < 4.78 is 5.91. The van der Waals surface area contributed by atoms with Gasteiger partial charge in [-0.05, 0) is 53.5 Å². The zero-order valence-corrected chi connectivity index (χ0v) is 13.3. The topological polar surface area (TPSA) is 24.5 Å². The highest BCUT2D eigenvalue weighted by atomic mass is 16.5. The fraction of sp³-hybridized carbons (Fsp3) is 1.00. The third-order valence-electron chi connectivity index (χ3n) is 4.67. The lowest BCUT2D eigenvalue weighted by molar-refractivity contribution is -0.0187. The van der Waals surface area contributed by atoms with Crippen molar-refractivity contribution >= 4 is 0 Å². The van der Waals surface area contributed by atoms with Crippen LogP contribution in [0.3, 0.4) is 0 Å². The molecule has 1 aliphatic carbocycles. The summed E-state index contributed by atoms with van der Waals surface area (Å²) in [4.78, 5) is 2.65. The van der Waals surface area contributed by atoms with Gasteiger partial charge in [-0.3, -0.25) is 4.90 Å². The van der Waals surface area contributed by atoms with Gasteiger partial charge in [0.1, 0.15) is 0 Å². The molecule has 2 aliphatic rings. The number of rotatable bonds is 3. The Morgan fingerprint density at radius 1 is 1.26 bits per heavy atom. The van der Waals surface area contributed by atoms with Crippen molar-refractivity contribution in [3.8, 4) is 0 Å². The maximum absolute atomic E-state index is 5.91. The Morgan fingerprint density at radius 2 is 1.95 bits per heavy atom. The van der Waals surface area contributed by atoms with E-state index >= 15 is 0 Å². The molecule has 1 spiro atoms. The minimum Gasteiger partial charge on any atom is -0.375 e. The second kappa shape index (κ2) is 6.11. The van der Waals surface area contributed by atoms with Gasteiger partial charge < -0.3 is 10.1 Å². The molecule has 1 aliphatic heterocycles. The van der Waals surface area contributed by atoms with Crippen LogP contribution in [0.5, 0.6) is 0 Å². The zero-order chi connectivity index (χ0) is 13.9. The van der Waals surface area contributed by atoms with Crippen molar-refractivity contribution in [1.29, 1.82) is 0 Å². The Hall–Kier alpha value is -0.120. The van der Waals surface area contributed by atoms with E-state index in [4.69, 9.17) is 4.74 Å². The van der Waals surface area contributed by atoms with Crippen LogP contribution < -0.4 is 5.32 Å². The number of nitrogens with zero attached hydrogens (tertiary/aromatic N) is 1. The molecular formula is C16H32N2O. The van der Waals surface area contributed by atoms with E-state index in [0.717, 1.165) is 13.2 Å². The first kappa shape index (κ1) is 15.3. The van der Waals surface area contributed by atoms with E-state index in [2.05, 4.69) is 37.9 Å². The Bertz CT molecular complexity index is 279. The van der Waals surface area contributed by atoms with Crippen LogP contribution in [0.25, 0.3) is 0 Å². The smallest absolute Gasteiger partial charge is 0.0600 e. The molecule has 2 fully saturated rings. The largest absolute Gasteiger partial charge is 0.375 e. The van der Waals surface area contributed by atoms with E-state index in [9.17, 15) is 0 Å². The second-order valence-electron chi connectivity index (χ2n) is 7.48. The van der Waals surface area contributed by atoms with E-state index in [1.165, 1.54) is 45.2 Å². The minimum absolute atomic E-state index is 0.0155. The summed E-state index contributed by atoms with van der Waals surface area (Å²) in [6.45, 7) is 13.1. The molecule has 1 atom stereocenters. The van der Waals surface area contributed by atoms with Crippen LogP contribution in [0.1, 0.15) is 59.8 Å². The van der Waals surface area contributed by atoms with Gasteiger partial charge in [-0.25, -0.2) is 0 Å². The Labute approximate surface area is 119 Å². The number of hydrogen-bond donors (Lipinski definition) is 1. The van der Waals surface area contributed by atoms with Gasteiger partial charge in [0.2, 0.25) is 0 Å². The van der Waals surface area contributed by atoms with Gasteiger partial charge in [0.15, 0.2) is 0 Å². The lowest BCUT2D eigenvalue weighted by atomic mass is 9.97. The molecule has 0 bridgehead atoms. The van der Waals surface area contributed by atoms with Gasteiger partial charge in [-0.15, -0.1) is 0 Å². The van der Waals surface area contributed by atoms with Crippen molar-refractivity contribution in [2.45, 2.75) is 77.0 Å². The summed E-state index contributed by atoms with van der Waals surface area (Å²) in [6.07, 6.45) is 6.77. The van der Waals surface area contributed by atoms with Crippen LogP contribution in [-0.2, 0) is 4.74 Å². The zero-order valence-electron chi connectivity index (χ0n) is 13.3. The number of hydrogen-bond acceptors (Lipinski definition) is 3. The predicted molar refractivity (Wildman–Crippen MR) is 80.6 cm³/mol. The van der Waals surface area contributed by atoms with Crippen molar-refractivity contribution in [1.82, 2.24) is 10.2 Å². The average molecular weight is 268 g/mol. The van der Waals surface area contributed by atoms with Gasteiger partial charge in [0, 0.05) is 24.7 Å². The first-order valence-corrected chi connectivity index (χ1v) is 8.03. The lowest BCUT2D eigenvalue weighted by Crippen LogP contribution is -2.51. The SMILES string of the molecule is CC1CCNC2(CCCC2)CN1CCOC(C)(C)C. The highest BCUT2D eigenvalue weighted by Crippen LogP contribution is 2.32. The lowest BCUT2D eigenvalue weighted by Gasteiger charge is -2.35. The summed E-state index contributed by atoms with van der Waals surface area (Å²) >= 11 is 0. The molecule has 1 saturated heterocycles. The quantitative estimate of drug-likeness (QED) is 0.852.